The lowest BCUT2D eigenvalue weighted by molar-refractivity contribution is -0.150. The van der Waals surface area contributed by atoms with E-state index in [0.29, 0.717) is 32.5 Å². The van der Waals surface area contributed by atoms with Crippen LogP contribution in [0, 0.1) is 0 Å². The van der Waals surface area contributed by atoms with Crippen LogP contribution in [0.4, 0.5) is 0 Å². The summed E-state index contributed by atoms with van der Waals surface area (Å²) in [6.07, 6.45) is 52.6. The second kappa shape index (κ2) is 57.9. The van der Waals surface area contributed by atoms with Crippen LogP contribution in [-0.4, -0.2) is 59.6 Å². The summed E-state index contributed by atoms with van der Waals surface area (Å²) in [5.74, 6) is -0.0719. The Labute approximate surface area is 423 Å². The number of aliphatic hydroxyl groups is 2. The van der Waals surface area contributed by atoms with Gasteiger partial charge >= 0.3 is 17.9 Å². The van der Waals surface area contributed by atoms with Crippen molar-refractivity contribution in [3.05, 3.63) is 0 Å². The average Bonchev–Trinajstić information content (AvgIpc) is 3.33. The Morgan fingerprint density at radius 2 is 0.529 bits per heavy atom. The zero-order valence-electron chi connectivity index (χ0n) is 46.2. The third kappa shape index (κ3) is 56.9. The monoisotopic (exact) mass is 967 g/mol. The third-order valence-corrected chi connectivity index (χ3v) is 13.4. The molecule has 0 fully saturated rings. The second-order valence-corrected chi connectivity index (χ2v) is 20.5. The molecular formula is C60H118O8. The van der Waals surface area contributed by atoms with E-state index in [-0.39, 0.29) is 36.2 Å². The van der Waals surface area contributed by atoms with Crippen LogP contribution in [0.1, 0.15) is 336 Å². The number of carbonyl (C=O) groups excluding carboxylic acids is 3. The van der Waals surface area contributed by atoms with Crippen molar-refractivity contribution < 1.29 is 38.8 Å². The molecule has 0 aliphatic carbocycles. The molecule has 0 aliphatic rings. The molecule has 68 heavy (non-hydrogen) atoms. The number of hydrogen-bond acceptors (Lipinski definition) is 8. The quantitative estimate of drug-likeness (QED) is 0.0351. The van der Waals surface area contributed by atoms with E-state index < -0.39 is 0 Å². The maximum atomic E-state index is 12.6. The number of carbonyl (C=O) groups is 3. The molecule has 0 bridgehead atoms. The van der Waals surface area contributed by atoms with E-state index in [4.69, 9.17) is 14.2 Å². The smallest absolute Gasteiger partial charge is 0.306 e. The fourth-order valence-electron chi connectivity index (χ4n) is 8.91. The summed E-state index contributed by atoms with van der Waals surface area (Å²) < 4.78 is 16.2. The standard InChI is InChI=1S/C39H76O5.C21H42O3/c1-4-7-9-23-29-36(40)30-24-19-15-11-13-18-22-28-34-39(42)44-37(31-25-10-8-5-2)32-26-20-16-12-14-17-21-27-33-38(41)43-35-6-3;1-3-5-6-13-16-20(22)17-14-11-9-7-8-10-12-15-18-21(23)24-19-4-2/h36-37,40H,4-35H2,1-3H3;20,22H,3-19H2,1-2H3. The maximum Gasteiger partial charge on any atom is 0.306 e. The fourth-order valence-corrected chi connectivity index (χ4v) is 8.91. The summed E-state index contributed by atoms with van der Waals surface area (Å²) in [5, 5.41) is 20.0. The maximum absolute atomic E-state index is 12.6. The third-order valence-electron chi connectivity index (χ3n) is 13.4. The molecule has 0 spiro atoms. The van der Waals surface area contributed by atoms with E-state index in [1.54, 1.807) is 0 Å². The van der Waals surface area contributed by atoms with Crippen molar-refractivity contribution in [2.24, 2.45) is 0 Å². The lowest BCUT2D eigenvalue weighted by Crippen LogP contribution is -2.18. The molecule has 3 atom stereocenters. The van der Waals surface area contributed by atoms with Crippen molar-refractivity contribution >= 4 is 17.9 Å². The molecule has 0 saturated heterocycles. The predicted molar refractivity (Wildman–Crippen MR) is 289 cm³/mol. The lowest BCUT2D eigenvalue weighted by Gasteiger charge is -2.18. The Balaban J connectivity index is 0. The van der Waals surface area contributed by atoms with Gasteiger partial charge in [0.05, 0.1) is 25.4 Å². The van der Waals surface area contributed by atoms with Crippen LogP contribution in [0.2, 0.25) is 0 Å². The largest absolute Gasteiger partial charge is 0.466 e. The van der Waals surface area contributed by atoms with E-state index in [2.05, 4.69) is 20.8 Å². The molecule has 406 valence electrons. The van der Waals surface area contributed by atoms with E-state index >= 15 is 0 Å². The summed E-state index contributed by atoms with van der Waals surface area (Å²) >= 11 is 0. The first-order valence-electron chi connectivity index (χ1n) is 30.1. The fraction of sp³-hybridized carbons (Fsp3) is 0.950. The number of rotatable bonds is 53. The van der Waals surface area contributed by atoms with Crippen molar-refractivity contribution in [3.63, 3.8) is 0 Å². The highest BCUT2D eigenvalue weighted by molar-refractivity contribution is 5.70. The Bertz CT molecular complexity index is 1020. The van der Waals surface area contributed by atoms with Gasteiger partial charge in [-0.1, -0.05) is 234 Å². The van der Waals surface area contributed by atoms with Gasteiger partial charge in [0.25, 0.3) is 0 Å². The molecular weight excluding hydrogens is 849 g/mol. The zero-order valence-corrected chi connectivity index (χ0v) is 46.2. The zero-order chi connectivity index (χ0) is 50.2. The van der Waals surface area contributed by atoms with E-state index in [1.807, 2.05) is 13.8 Å². The molecule has 3 unspecified atom stereocenters. The van der Waals surface area contributed by atoms with Gasteiger partial charge in [-0.15, -0.1) is 0 Å². The number of aliphatic hydroxyl groups excluding tert-OH is 2. The van der Waals surface area contributed by atoms with Crippen LogP contribution < -0.4 is 0 Å². The van der Waals surface area contributed by atoms with Gasteiger partial charge < -0.3 is 24.4 Å². The van der Waals surface area contributed by atoms with Crippen molar-refractivity contribution in [3.8, 4) is 0 Å². The number of ether oxygens (including phenoxy) is 3. The highest BCUT2D eigenvalue weighted by Gasteiger charge is 2.14. The predicted octanol–water partition coefficient (Wildman–Crippen LogP) is 18.1. The van der Waals surface area contributed by atoms with Gasteiger partial charge in [-0.25, -0.2) is 0 Å². The molecule has 0 radical (unpaired) electrons. The minimum Gasteiger partial charge on any atom is -0.466 e. The van der Waals surface area contributed by atoms with Gasteiger partial charge in [-0.2, -0.15) is 0 Å². The highest BCUT2D eigenvalue weighted by Crippen LogP contribution is 2.20. The molecule has 8 nitrogen and oxygen atoms in total. The van der Waals surface area contributed by atoms with Crippen molar-refractivity contribution in [2.45, 2.75) is 355 Å². The molecule has 0 aromatic carbocycles. The van der Waals surface area contributed by atoms with Gasteiger partial charge in [0, 0.05) is 19.3 Å². The van der Waals surface area contributed by atoms with E-state index in [0.717, 1.165) is 116 Å². The SMILES string of the molecule is CCCCCCC(O)CCCCCCCCCCC(=O)OC(CCCCCC)CCCCCCCCCCC(=O)OCCC.CCCCCCC(O)CCCCCCCCCCC(=O)OCCC. The molecule has 0 saturated carbocycles. The summed E-state index contributed by atoms with van der Waals surface area (Å²) in [4.78, 5) is 35.4. The number of esters is 3. The van der Waals surface area contributed by atoms with E-state index in [9.17, 15) is 24.6 Å². The van der Waals surface area contributed by atoms with E-state index in [1.165, 1.54) is 167 Å². The summed E-state index contributed by atoms with van der Waals surface area (Å²) in [6, 6.07) is 0. The molecule has 8 heteroatoms. The first-order valence-corrected chi connectivity index (χ1v) is 30.1. The van der Waals surface area contributed by atoms with Gasteiger partial charge in [0.1, 0.15) is 6.10 Å². The summed E-state index contributed by atoms with van der Waals surface area (Å²) in [5.41, 5.74) is 0. The van der Waals surface area contributed by atoms with Crippen LogP contribution in [0.5, 0.6) is 0 Å². The molecule has 0 aromatic rings. The Kier molecular flexibility index (Phi) is 58.3. The molecule has 0 heterocycles. The summed E-state index contributed by atoms with van der Waals surface area (Å²) in [6.45, 7) is 11.8. The first kappa shape index (κ1) is 68.4. The van der Waals surface area contributed by atoms with Crippen LogP contribution in [0.3, 0.4) is 0 Å². The van der Waals surface area contributed by atoms with Crippen molar-refractivity contribution in [2.75, 3.05) is 13.2 Å². The second-order valence-electron chi connectivity index (χ2n) is 20.5. The topological polar surface area (TPSA) is 119 Å². The average molecular weight is 968 g/mol. The van der Waals surface area contributed by atoms with Crippen LogP contribution in [-0.2, 0) is 28.6 Å². The van der Waals surface area contributed by atoms with Crippen LogP contribution in [0.15, 0.2) is 0 Å². The number of hydrogen-bond donors (Lipinski definition) is 2. The normalized spacial score (nSPS) is 12.6. The van der Waals surface area contributed by atoms with Gasteiger partial charge in [-0.05, 0) is 83.5 Å². The Hall–Kier alpha value is -1.67. The molecule has 0 aromatic heterocycles. The van der Waals surface area contributed by atoms with Gasteiger partial charge in [0.15, 0.2) is 0 Å². The van der Waals surface area contributed by atoms with Crippen molar-refractivity contribution in [1.29, 1.82) is 0 Å². The Morgan fingerprint density at radius 3 is 0.809 bits per heavy atom. The molecule has 2 N–H and O–H groups in total. The number of unbranched alkanes of at least 4 members (excludes halogenated alkanes) is 30. The molecule has 0 aliphatic heterocycles. The van der Waals surface area contributed by atoms with Crippen LogP contribution >= 0.6 is 0 Å². The Morgan fingerprint density at radius 1 is 0.294 bits per heavy atom. The summed E-state index contributed by atoms with van der Waals surface area (Å²) in [7, 11) is 0. The lowest BCUT2D eigenvalue weighted by atomic mass is 10.0. The van der Waals surface area contributed by atoms with Crippen molar-refractivity contribution in [1.82, 2.24) is 0 Å². The highest BCUT2D eigenvalue weighted by atomic mass is 16.5. The van der Waals surface area contributed by atoms with Gasteiger partial charge in [0.2, 0.25) is 0 Å². The first-order chi connectivity index (χ1) is 33.2. The molecule has 0 amide bonds. The molecule has 0 rings (SSSR count). The van der Waals surface area contributed by atoms with Gasteiger partial charge in [-0.3, -0.25) is 14.4 Å². The minimum atomic E-state index is -0.0932. The van der Waals surface area contributed by atoms with Crippen LogP contribution in [0.25, 0.3) is 0 Å². The minimum absolute atomic E-state index is 0.0114.